The van der Waals surface area contributed by atoms with Gasteiger partial charge in [-0.2, -0.15) is 0 Å². The van der Waals surface area contributed by atoms with Crippen LogP contribution in [0.5, 0.6) is 0 Å². The number of nitrogens with zero attached hydrogens (tertiary/aromatic N) is 1. The Morgan fingerprint density at radius 3 is 1.59 bits per heavy atom. The van der Waals surface area contributed by atoms with Crippen LogP contribution in [-0.4, -0.2) is 62.0 Å². The summed E-state index contributed by atoms with van der Waals surface area (Å²) >= 11 is 0. The molecular formula is C39H45NO6. The van der Waals surface area contributed by atoms with Crippen LogP contribution in [0.4, 0.5) is 0 Å². The fraction of sp³-hybridized carbons (Fsp3) is 0.359. The quantitative estimate of drug-likeness (QED) is 0.123. The van der Waals surface area contributed by atoms with Crippen molar-refractivity contribution in [2.75, 3.05) is 26.8 Å². The molecule has 0 aliphatic carbocycles. The lowest BCUT2D eigenvalue weighted by Gasteiger charge is -2.48. The Bertz CT molecular complexity index is 1410. The average molecular weight is 624 g/mol. The molecule has 0 unspecified atom stereocenters. The second-order valence-electron chi connectivity index (χ2n) is 11.6. The molecule has 0 bridgehead atoms. The molecule has 0 aromatic heterocycles. The molecule has 242 valence electrons. The van der Waals surface area contributed by atoms with E-state index < -0.39 is 0 Å². The molecule has 1 saturated heterocycles. The number of ether oxygens (including phenoxy) is 5. The van der Waals surface area contributed by atoms with Crippen LogP contribution >= 0.6 is 0 Å². The Hall–Kier alpha value is -3.85. The summed E-state index contributed by atoms with van der Waals surface area (Å²) in [5.41, 5.74) is 4.37. The number of hydrogen-bond acceptors (Lipinski definition) is 7. The lowest BCUT2D eigenvalue weighted by molar-refractivity contribution is -0.210. The third-order valence-electron chi connectivity index (χ3n) is 8.28. The molecule has 1 fully saturated rings. The van der Waals surface area contributed by atoms with Crippen molar-refractivity contribution in [3.8, 4) is 0 Å². The van der Waals surface area contributed by atoms with Crippen LogP contribution in [-0.2, 0) is 54.9 Å². The van der Waals surface area contributed by atoms with Gasteiger partial charge in [-0.15, -0.1) is 0 Å². The Labute approximate surface area is 273 Å². The van der Waals surface area contributed by atoms with Crippen LogP contribution in [0.25, 0.3) is 0 Å². The van der Waals surface area contributed by atoms with Gasteiger partial charge in [0.05, 0.1) is 52.3 Å². The van der Waals surface area contributed by atoms with E-state index in [9.17, 15) is 4.79 Å². The predicted molar refractivity (Wildman–Crippen MR) is 178 cm³/mol. The molecule has 7 nitrogen and oxygen atoms in total. The summed E-state index contributed by atoms with van der Waals surface area (Å²) in [6.45, 7) is 3.50. The zero-order valence-corrected chi connectivity index (χ0v) is 26.6. The highest BCUT2D eigenvalue weighted by Gasteiger charge is 2.46. The highest BCUT2D eigenvalue weighted by molar-refractivity contribution is 5.69. The second-order valence-corrected chi connectivity index (χ2v) is 11.6. The van der Waals surface area contributed by atoms with Gasteiger partial charge in [0.25, 0.3) is 0 Å². The van der Waals surface area contributed by atoms with Gasteiger partial charge in [-0.05, 0) is 35.2 Å². The number of hydrogen-bond donors (Lipinski definition) is 0. The van der Waals surface area contributed by atoms with Crippen LogP contribution in [0.15, 0.2) is 121 Å². The van der Waals surface area contributed by atoms with Crippen LogP contribution < -0.4 is 0 Å². The third-order valence-corrected chi connectivity index (χ3v) is 8.28. The first-order chi connectivity index (χ1) is 22.7. The summed E-state index contributed by atoms with van der Waals surface area (Å²) in [5.74, 6) is -0.216. The van der Waals surface area contributed by atoms with Crippen molar-refractivity contribution in [3.63, 3.8) is 0 Å². The first-order valence-corrected chi connectivity index (χ1v) is 16.1. The molecule has 5 rings (SSSR count). The maximum atomic E-state index is 12.0. The Balaban J connectivity index is 1.42. The summed E-state index contributed by atoms with van der Waals surface area (Å²) < 4.78 is 31.6. The number of carbonyl (C=O) groups excluding carboxylic acids is 1. The van der Waals surface area contributed by atoms with Crippen LogP contribution in [0.3, 0.4) is 0 Å². The zero-order valence-electron chi connectivity index (χ0n) is 26.6. The minimum absolute atomic E-state index is 0.137. The average Bonchev–Trinajstić information content (AvgIpc) is 3.11. The van der Waals surface area contributed by atoms with E-state index in [0.717, 1.165) is 22.3 Å². The van der Waals surface area contributed by atoms with Gasteiger partial charge in [-0.25, -0.2) is 0 Å². The lowest BCUT2D eigenvalue weighted by atomic mass is 9.92. The van der Waals surface area contributed by atoms with E-state index in [2.05, 4.69) is 53.4 Å². The van der Waals surface area contributed by atoms with Gasteiger partial charge in [0.15, 0.2) is 0 Å². The SMILES string of the molecule is COC(=O)CCCN1C[C@H](OCc2ccccc2)[C@@H](OCc2ccccc2)[C@H](OCc2ccccc2)[C@H]1COCc1ccccc1. The standard InChI is InChI=1S/C39H45NO6/c1-42-37(41)23-14-24-40-25-36(44-27-32-17-8-3-9-18-32)39(46-29-34-21-12-5-13-22-34)38(45-28-33-19-10-4-11-20-33)35(40)30-43-26-31-15-6-2-7-16-31/h2-13,15-22,35-36,38-39H,14,23-30H2,1H3/t35-,36+,38-,39-/m1/s1. The van der Waals surface area contributed by atoms with Crippen LogP contribution in [0.2, 0.25) is 0 Å². The van der Waals surface area contributed by atoms with E-state index >= 15 is 0 Å². The van der Waals surface area contributed by atoms with E-state index in [1.165, 1.54) is 7.11 Å². The van der Waals surface area contributed by atoms with E-state index in [-0.39, 0.29) is 30.3 Å². The van der Waals surface area contributed by atoms with E-state index in [4.69, 9.17) is 23.7 Å². The number of carbonyl (C=O) groups is 1. The topological polar surface area (TPSA) is 66.5 Å². The van der Waals surface area contributed by atoms with Crippen molar-refractivity contribution in [2.45, 2.75) is 63.6 Å². The predicted octanol–water partition coefficient (Wildman–Crippen LogP) is 6.60. The summed E-state index contributed by atoms with van der Waals surface area (Å²) in [4.78, 5) is 14.4. The first kappa shape index (κ1) is 33.5. The van der Waals surface area contributed by atoms with Gasteiger partial charge in [-0.1, -0.05) is 121 Å². The minimum Gasteiger partial charge on any atom is -0.469 e. The minimum atomic E-state index is -0.368. The van der Waals surface area contributed by atoms with Gasteiger partial charge in [0, 0.05) is 13.0 Å². The van der Waals surface area contributed by atoms with Gasteiger partial charge in [0.2, 0.25) is 0 Å². The van der Waals surface area contributed by atoms with E-state index in [0.29, 0.717) is 59.0 Å². The Kier molecular flexibility index (Phi) is 13.4. The molecule has 1 aliphatic heterocycles. The normalized spacial score (nSPS) is 19.9. The molecule has 0 spiro atoms. The molecule has 4 aromatic carbocycles. The molecule has 7 heteroatoms. The van der Waals surface area contributed by atoms with Gasteiger partial charge >= 0.3 is 5.97 Å². The molecule has 1 aliphatic rings. The molecular weight excluding hydrogens is 578 g/mol. The van der Waals surface area contributed by atoms with Gasteiger partial charge in [-0.3, -0.25) is 9.69 Å². The number of likely N-dealkylation sites (tertiary alicyclic amines) is 1. The molecule has 0 amide bonds. The Morgan fingerprint density at radius 1 is 0.630 bits per heavy atom. The zero-order chi connectivity index (χ0) is 31.8. The molecule has 46 heavy (non-hydrogen) atoms. The molecule has 0 radical (unpaired) electrons. The largest absolute Gasteiger partial charge is 0.469 e. The van der Waals surface area contributed by atoms with E-state index in [1.54, 1.807) is 0 Å². The van der Waals surface area contributed by atoms with Crippen molar-refractivity contribution in [2.24, 2.45) is 0 Å². The molecule has 0 N–H and O–H groups in total. The van der Waals surface area contributed by atoms with Crippen LogP contribution in [0.1, 0.15) is 35.1 Å². The summed E-state index contributed by atoms with van der Waals surface area (Å²) in [6.07, 6.45) is -0.0343. The maximum absolute atomic E-state index is 12.0. The third kappa shape index (κ3) is 10.3. The molecule has 1 heterocycles. The first-order valence-electron chi connectivity index (χ1n) is 16.1. The number of methoxy groups -OCH3 is 1. The maximum Gasteiger partial charge on any atom is 0.305 e. The lowest BCUT2D eigenvalue weighted by Crippen LogP contribution is -2.64. The molecule has 4 atom stereocenters. The number of esters is 1. The monoisotopic (exact) mass is 623 g/mol. The summed E-state index contributed by atoms with van der Waals surface area (Å²) in [6, 6.07) is 40.6. The van der Waals surface area contributed by atoms with Gasteiger partial charge < -0.3 is 23.7 Å². The summed E-state index contributed by atoms with van der Waals surface area (Å²) in [5, 5.41) is 0. The number of rotatable bonds is 17. The van der Waals surface area contributed by atoms with Crippen molar-refractivity contribution in [1.29, 1.82) is 0 Å². The van der Waals surface area contributed by atoms with E-state index in [1.807, 2.05) is 72.8 Å². The molecule has 4 aromatic rings. The number of piperidine rings is 1. The fourth-order valence-corrected chi connectivity index (χ4v) is 5.83. The smallest absolute Gasteiger partial charge is 0.305 e. The number of benzene rings is 4. The highest BCUT2D eigenvalue weighted by atomic mass is 16.6. The summed E-state index contributed by atoms with van der Waals surface area (Å²) in [7, 11) is 1.43. The van der Waals surface area contributed by atoms with Gasteiger partial charge in [0.1, 0.15) is 12.2 Å². The second kappa shape index (κ2) is 18.3. The molecule has 0 saturated carbocycles. The van der Waals surface area contributed by atoms with Crippen molar-refractivity contribution >= 4 is 5.97 Å². The van der Waals surface area contributed by atoms with Crippen molar-refractivity contribution < 1.29 is 28.5 Å². The fourth-order valence-electron chi connectivity index (χ4n) is 5.83. The van der Waals surface area contributed by atoms with Crippen LogP contribution in [0, 0.1) is 0 Å². The Morgan fingerprint density at radius 2 is 1.09 bits per heavy atom. The van der Waals surface area contributed by atoms with Crippen molar-refractivity contribution in [3.05, 3.63) is 144 Å². The highest BCUT2D eigenvalue weighted by Crippen LogP contribution is 2.29. The van der Waals surface area contributed by atoms with Crippen molar-refractivity contribution in [1.82, 2.24) is 4.90 Å².